The van der Waals surface area contributed by atoms with Crippen molar-refractivity contribution < 1.29 is 0 Å². The lowest BCUT2D eigenvalue weighted by Gasteiger charge is -2.33. The number of nitrogens with one attached hydrogen (secondary N) is 1. The van der Waals surface area contributed by atoms with E-state index in [0.717, 1.165) is 6.54 Å². The van der Waals surface area contributed by atoms with Gasteiger partial charge in [-0.2, -0.15) is 5.10 Å². The van der Waals surface area contributed by atoms with Crippen molar-refractivity contribution in [1.29, 1.82) is 0 Å². The van der Waals surface area contributed by atoms with Gasteiger partial charge in [0.05, 0.1) is 12.3 Å². The first kappa shape index (κ1) is 7.36. The van der Waals surface area contributed by atoms with Gasteiger partial charge in [-0.3, -0.25) is 0 Å². The van der Waals surface area contributed by atoms with Crippen molar-refractivity contribution in [2.75, 3.05) is 6.54 Å². The van der Waals surface area contributed by atoms with E-state index < -0.39 is 0 Å². The summed E-state index contributed by atoms with van der Waals surface area (Å²) in [4.78, 5) is 0. The van der Waals surface area contributed by atoms with Gasteiger partial charge in [0.25, 0.3) is 0 Å². The summed E-state index contributed by atoms with van der Waals surface area (Å²) in [6, 6.07) is 0. The minimum absolute atomic E-state index is 0.140. The van der Waals surface area contributed by atoms with Crippen LogP contribution in [0.5, 0.6) is 0 Å². The molecule has 1 aliphatic heterocycles. The van der Waals surface area contributed by atoms with Gasteiger partial charge in [0.1, 0.15) is 0 Å². The molecule has 2 nitrogen and oxygen atoms in total. The zero-order valence-corrected chi connectivity index (χ0v) is 8.31. The van der Waals surface area contributed by atoms with Crippen LogP contribution in [0.1, 0.15) is 20.8 Å². The molecule has 0 amide bonds. The molecule has 2 bridgehead atoms. The highest BCUT2D eigenvalue weighted by Crippen LogP contribution is 2.59. The minimum atomic E-state index is 0.140. The summed E-state index contributed by atoms with van der Waals surface area (Å²) < 4.78 is 0. The normalized spacial score (nSPS) is 37.9. The average Bonchev–Trinajstić information content (AvgIpc) is 2.63. The fraction of sp³-hybridized carbons (Fsp3) is 0.545. The van der Waals surface area contributed by atoms with Gasteiger partial charge in [-0.05, 0) is 12.5 Å². The summed E-state index contributed by atoms with van der Waals surface area (Å²) in [5, 5.41) is 4.41. The zero-order valence-electron chi connectivity index (χ0n) is 8.31. The standard InChI is InChI=1S/C11H14N2/c1-10(2)8-4-5-11(10,3)9-7(8)6-12-13-9/h4-5,12H,6H2,1-3H3. The molecule has 0 spiro atoms. The molecule has 68 valence electrons. The highest BCUT2D eigenvalue weighted by Gasteiger charge is 2.56. The van der Waals surface area contributed by atoms with E-state index in [1.165, 1.54) is 16.9 Å². The average molecular weight is 174 g/mol. The van der Waals surface area contributed by atoms with Crippen molar-refractivity contribution >= 4 is 5.71 Å². The van der Waals surface area contributed by atoms with Gasteiger partial charge in [0, 0.05) is 16.4 Å². The Morgan fingerprint density at radius 1 is 1.38 bits per heavy atom. The van der Waals surface area contributed by atoms with Crippen molar-refractivity contribution in [3.8, 4) is 0 Å². The van der Waals surface area contributed by atoms with Crippen LogP contribution in [-0.2, 0) is 0 Å². The molecule has 0 aromatic heterocycles. The molecule has 3 rings (SSSR count). The number of rotatable bonds is 0. The van der Waals surface area contributed by atoms with E-state index in [1.54, 1.807) is 0 Å². The largest absolute Gasteiger partial charge is 0.305 e. The number of hydrogen-bond acceptors (Lipinski definition) is 2. The molecule has 13 heavy (non-hydrogen) atoms. The first-order valence-electron chi connectivity index (χ1n) is 4.82. The molecule has 2 aliphatic carbocycles. The van der Waals surface area contributed by atoms with Crippen LogP contribution >= 0.6 is 0 Å². The summed E-state index contributed by atoms with van der Waals surface area (Å²) in [6.45, 7) is 7.84. The third kappa shape index (κ3) is 0.550. The Kier molecular flexibility index (Phi) is 0.986. The van der Waals surface area contributed by atoms with E-state index >= 15 is 0 Å². The number of fused-ring (bicyclic) bond motifs is 4. The van der Waals surface area contributed by atoms with Crippen LogP contribution in [-0.4, -0.2) is 12.3 Å². The molecule has 1 atom stereocenters. The highest BCUT2D eigenvalue weighted by atomic mass is 15.3. The van der Waals surface area contributed by atoms with Crippen LogP contribution in [0.25, 0.3) is 0 Å². The van der Waals surface area contributed by atoms with Crippen LogP contribution in [0.2, 0.25) is 0 Å². The first-order chi connectivity index (χ1) is 6.07. The van der Waals surface area contributed by atoms with Crippen LogP contribution in [0.4, 0.5) is 0 Å². The maximum atomic E-state index is 4.41. The van der Waals surface area contributed by atoms with Crippen molar-refractivity contribution in [2.24, 2.45) is 15.9 Å². The van der Waals surface area contributed by atoms with Gasteiger partial charge in [0.2, 0.25) is 0 Å². The second-order valence-electron chi connectivity index (χ2n) is 4.85. The van der Waals surface area contributed by atoms with Gasteiger partial charge in [-0.1, -0.05) is 26.0 Å². The number of allylic oxidation sites excluding steroid dienone is 3. The molecule has 0 aromatic carbocycles. The zero-order chi connectivity index (χ0) is 9.27. The summed E-state index contributed by atoms with van der Waals surface area (Å²) in [7, 11) is 0. The lowest BCUT2D eigenvalue weighted by Crippen LogP contribution is -2.32. The predicted molar refractivity (Wildman–Crippen MR) is 53.5 cm³/mol. The number of hydrazone groups is 1. The fourth-order valence-corrected chi connectivity index (χ4v) is 2.80. The second-order valence-corrected chi connectivity index (χ2v) is 4.85. The molecule has 2 heteroatoms. The molecule has 0 saturated carbocycles. The van der Waals surface area contributed by atoms with Gasteiger partial charge < -0.3 is 5.43 Å². The molecular weight excluding hydrogens is 160 g/mol. The molecule has 0 radical (unpaired) electrons. The highest BCUT2D eigenvalue weighted by molar-refractivity contribution is 6.13. The fourth-order valence-electron chi connectivity index (χ4n) is 2.80. The quantitative estimate of drug-likeness (QED) is 0.595. The first-order valence-corrected chi connectivity index (χ1v) is 4.82. The van der Waals surface area contributed by atoms with Crippen LogP contribution < -0.4 is 5.43 Å². The molecule has 0 saturated heterocycles. The topological polar surface area (TPSA) is 24.4 Å². The predicted octanol–water partition coefficient (Wildman–Crippen LogP) is 1.86. The Balaban J connectivity index is 2.33. The number of nitrogens with zero attached hydrogens (tertiary/aromatic N) is 1. The molecule has 1 heterocycles. The van der Waals surface area contributed by atoms with Crippen molar-refractivity contribution in [2.45, 2.75) is 20.8 Å². The Morgan fingerprint density at radius 3 is 2.85 bits per heavy atom. The van der Waals surface area contributed by atoms with E-state index in [1.807, 2.05) is 0 Å². The van der Waals surface area contributed by atoms with Crippen LogP contribution in [0.3, 0.4) is 0 Å². The second kappa shape index (κ2) is 1.74. The summed E-state index contributed by atoms with van der Waals surface area (Å²) in [5.74, 6) is 0. The van der Waals surface area contributed by atoms with E-state index in [0.29, 0.717) is 0 Å². The maximum Gasteiger partial charge on any atom is 0.0761 e. The smallest absolute Gasteiger partial charge is 0.0761 e. The molecule has 1 N–H and O–H groups in total. The van der Waals surface area contributed by atoms with Crippen molar-refractivity contribution in [1.82, 2.24) is 5.43 Å². The summed E-state index contributed by atoms with van der Waals surface area (Å²) in [6.07, 6.45) is 4.58. The SMILES string of the molecule is CC1(C)C2=C3CNN=C3C1(C)C=C2. The third-order valence-corrected chi connectivity index (χ3v) is 4.10. The third-order valence-electron chi connectivity index (χ3n) is 4.10. The van der Waals surface area contributed by atoms with E-state index in [2.05, 4.69) is 43.5 Å². The lowest BCUT2D eigenvalue weighted by molar-refractivity contribution is 0.313. The van der Waals surface area contributed by atoms with Gasteiger partial charge in [-0.25, -0.2) is 0 Å². The van der Waals surface area contributed by atoms with Gasteiger partial charge >= 0.3 is 0 Å². The number of hydrogen-bond donors (Lipinski definition) is 1. The Hall–Kier alpha value is -1.05. The maximum absolute atomic E-state index is 4.41. The summed E-state index contributed by atoms with van der Waals surface area (Å²) in [5.41, 5.74) is 7.67. The van der Waals surface area contributed by atoms with Crippen molar-refractivity contribution in [3.63, 3.8) is 0 Å². The molecular formula is C11H14N2. The van der Waals surface area contributed by atoms with Crippen LogP contribution in [0, 0.1) is 10.8 Å². The minimum Gasteiger partial charge on any atom is -0.305 e. The van der Waals surface area contributed by atoms with E-state index in [9.17, 15) is 0 Å². The monoisotopic (exact) mass is 174 g/mol. The van der Waals surface area contributed by atoms with Crippen LogP contribution in [0.15, 0.2) is 28.4 Å². The van der Waals surface area contributed by atoms with Gasteiger partial charge in [0.15, 0.2) is 0 Å². The molecule has 1 unspecified atom stereocenters. The van der Waals surface area contributed by atoms with E-state index in [4.69, 9.17) is 0 Å². The lowest BCUT2D eigenvalue weighted by atomic mass is 9.69. The molecule has 0 fully saturated rings. The summed E-state index contributed by atoms with van der Waals surface area (Å²) >= 11 is 0. The Morgan fingerprint density at radius 2 is 2.15 bits per heavy atom. The van der Waals surface area contributed by atoms with E-state index in [-0.39, 0.29) is 10.8 Å². The Labute approximate surface area is 78.4 Å². The molecule has 3 aliphatic rings. The van der Waals surface area contributed by atoms with Crippen molar-refractivity contribution in [3.05, 3.63) is 23.3 Å². The Bertz CT molecular complexity index is 385. The molecule has 0 aromatic rings. The van der Waals surface area contributed by atoms with Gasteiger partial charge in [-0.15, -0.1) is 0 Å².